The Labute approximate surface area is 124 Å². The van der Waals surface area contributed by atoms with Crippen molar-refractivity contribution in [3.05, 3.63) is 39.9 Å². The van der Waals surface area contributed by atoms with Gasteiger partial charge in [0.25, 0.3) is 5.69 Å². The fourth-order valence-electron chi connectivity index (χ4n) is 2.68. The molecule has 1 amide bonds. The molecule has 1 N–H and O–H groups in total. The largest absolute Gasteiger partial charge is 0.335 e. The average molecular weight is 291 g/mol. The van der Waals surface area contributed by atoms with Crippen molar-refractivity contribution in [1.82, 2.24) is 10.2 Å². The van der Waals surface area contributed by atoms with Crippen LogP contribution in [0.15, 0.2) is 24.3 Å². The van der Waals surface area contributed by atoms with Gasteiger partial charge in [-0.1, -0.05) is 12.1 Å². The van der Waals surface area contributed by atoms with Crippen LogP contribution >= 0.6 is 0 Å². The lowest BCUT2D eigenvalue weighted by atomic mass is 9.94. The summed E-state index contributed by atoms with van der Waals surface area (Å²) in [5.74, 6) is -0.371. The van der Waals surface area contributed by atoms with Crippen LogP contribution in [0, 0.1) is 10.1 Å². The van der Waals surface area contributed by atoms with E-state index in [1.807, 2.05) is 18.7 Å². The van der Waals surface area contributed by atoms with E-state index in [1.54, 1.807) is 19.1 Å². The number of nitro benzene ring substituents is 1. The quantitative estimate of drug-likeness (QED) is 0.682. The molecule has 1 saturated heterocycles. The van der Waals surface area contributed by atoms with E-state index in [2.05, 4.69) is 5.32 Å². The van der Waals surface area contributed by atoms with Gasteiger partial charge in [-0.05, 0) is 26.3 Å². The molecule has 1 aliphatic heterocycles. The summed E-state index contributed by atoms with van der Waals surface area (Å²) in [6.45, 7) is 8.04. The normalized spacial score (nSPS) is 19.1. The molecule has 0 aliphatic carbocycles. The molecule has 114 valence electrons. The van der Waals surface area contributed by atoms with Crippen LogP contribution in [0.4, 0.5) is 5.69 Å². The highest BCUT2D eigenvalue weighted by Crippen LogP contribution is 2.26. The molecule has 0 bridgehead atoms. The SMILES string of the molecule is CC(C(=O)N1CCNCC1(C)C)c1cccc([N+](=O)[O-])c1. The number of hydrogen-bond donors (Lipinski definition) is 1. The van der Waals surface area contributed by atoms with Crippen LogP contribution in [0.2, 0.25) is 0 Å². The Bertz CT molecular complexity index is 557. The molecule has 2 rings (SSSR count). The van der Waals surface area contributed by atoms with Crippen molar-refractivity contribution in [2.75, 3.05) is 19.6 Å². The van der Waals surface area contributed by atoms with Crippen LogP contribution in [0.1, 0.15) is 32.3 Å². The van der Waals surface area contributed by atoms with Crippen molar-refractivity contribution in [3.63, 3.8) is 0 Å². The molecule has 1 fully saturated rings. The highest BCUT2D eigenvalue weighted by molar-refractivity contribution is 5.84. The number of amides is 1. The van der Waals surface area contributed by atoms with Gasteiger partial charge >= 0.3 is 0 Å². The van der Waals surface area contributed by atoms with Crippen molar-refractivity contribution in [2.45, 2.75) is 32.2 Å². The molecule has 6 heteroatoms. The minimum Gasteiger partial charge on any atom is -0.335 e. The van der Waals surface area contributed by atoms with Gasteiger partial charge in [-0.25, -0.2) is 0 Å². The van der Waals surface area contributed by atoms with Gasteiger partial charge in [0.1, 0.15) is 0 Å². The van der Waals surface area contributed by atoms with E-state index < -0.39 is 4.92 Å². The molecule has 6 nitrogen and oxygen atoms in total. The standard InChI is InChI=1S/C15H21N3O3/c1-11(12-5-4-6-13(9-12)18(20)21)14(19)17-8-7-16-10-15(17,2)3/h4-6,9,11,16H,7-8,10H2,1-3H3. The number of carbonyl (C=O) groups excluding carboxylic acids is 1. The minimum absolute atomic E-state index is 0.0157. The zero-order chi connectivity index (χ0) is 15.6. The number of nitrogens with one attached hydrogen (secondary N) is 1. The first kappa shape index (κ1) is 15.4. The second-order valence-corrected chi connectivity index (χ2v) is 6.05. The summed E-state index contributed by atoms with van der Waals surface area (Å²) in [5, 5.41) is 14.1. The van der Waals surface area contributed by atoms with Gasteiger partial charge in [0.2, 0.25) is 5.91 Å². The number of carbonyl (C=O) groups is 1. The monoisotopic (exact) mass is 291 g/mol. The third kappa shape index (κ3) is 3.21. The topological polar surface area (TPSA) is 75.5 Å². The van der Waals surface area contributed by atoms with Gasteiger partial charge in [-0.2, -0.15) is 0 Å². The molecule has 1 aliphatic rings. The summed E-state index contributed by atoms with van der Waals surface area (Å²) in [6, 6.07) is 6.32. The first-order chi connectivity index (χ1) is 9.83. The van der Waals surface area contributed by atoms with Crippen molar-refractivity contribution in [2.24, 2.45) is 0 Å². The molecule has 0 aromatic heterocycles. The number of piperazine rings is 1. The van der Waals surface area contributed by atoms with Crippen LogP contribution in [0.5, 0.6) is 0 Å². The summed E-state index contributed by atoms with van der Waals surface area (Å²) in [6.07, 6.45) is 0. The molecule has 1 aromatic rings. The first-order valence-corrected chi connectivity index (χ1v) is 7.09. The fraction of sp³-hybridized carbons (Fsp3) is 0.533. The molecule has 21 heavy (non-hydrogen) atoms. The Kier molecular flexibility index (Phi) is 4.27. The molecule has 1 unspecified atom stereocenters. The van der Waals surface area contributed by atoms with Crippen molar-refractivity contribution >= 4 is 11.6 Å². The average Bonchev–Trinajstić information content (AvgIpc) is 2.45. The fourth-order valence-corrected chi connectivity index (χ4v) is 2.68. The third-order valence-corrected chi connectivity index (χ3v) is 4.02. The lowest BCUT2D eigenvalue weighted by Gasteiger charge is -2.44. The van der Waals surface area contributed by atoms with Crippen LogP contribution < -0.4 is 5.32 Å². The van der Waals surface area contributed by atoms with E-state index in [4.69, 9.17) is 0 Å². The number of rotatable bonds is 3. The Balaban J connectivity index is 2.22. The van der Waals surface area contributed by atoms with E-state index in [-0.39, 0.29) is 23.1 Å². The van der Waals surface area contributed by atoms with E-state index in [0.29, 0.717) is 12.1 Å². The van der Waals surface area contributed by atoms with Crippen LogP contribution in [0.3, 0.4) is 0 Å². The third-order valence-electron chi connectivity index (χ3n) is 4.02. The van der Waals surface area contributed by atoms with Gasteiger partial charge in [0.15, 0.2) is 0 Å². The number of non-ortho nitro benzene ring substituents is 1. The van der Waals surface area contributed by atoms with Gasteiger partial charge < -0.3 is 10.2 Å². The van der Waals surface area contributed by atoms with Gasteiger partial charge in [-0.3, -0.25) is 14.9 Å². The van der Waals surface area contributed by atoms with E-state index in [1.165, 1.54) is 12.1 Å². The smallest absolute Gasteiger partial charge is 0.269 e. The molecule has 0 saturated carbocycles. The zero-order valence-corrected chi connectivity index (χ0v) is 12.6. The highest BCUT2D eigenvalue weighted by Gasteiger charge is 2.35. The maximum absolute atomic E-state index is 12.7. The molecular weight excluding hydrogens is 270 g/mol. The predicted octanol–water partition coefficient (Wildman–Crippen LogP) is 1.91. The van der Waals surface area contributed by atoms with Gasteiger partial charge in [-0.15, -0.1) is 0 Å². The van der Waals surface area contributed by atoms with E-state index >= 15 is 0 Å². The van der Waals surface area contributed by atoms with Crippen molar-refractivity contribution in [1.29, 1.82) is 0 Å². The number of nitrogens with zero attached hydrogens (tertiary/aromatic N) is 2. The Morgan fingerprint density at radius 1 is 1.48 bits per heavy atom. The number of hydrogen-bond acceptors (Lipinski definition) is 4. The summed E-state index contributed by atoms with van der Waals surface area (Å²) in [4.78, 5) is 25.0. The van der Waals surface area contributed by atoms with Gasteiger partial charge in [0.05, 0.1) is 10.8 Å². The van der Waals surface area contributed by atoms with Crippen LogP contribution in [-0.2, 0) is 4.79 Å². The summed E-state index contributed by atoms with van der Waals surface area (Å²) in [7, 11) is 0. The maximum Gasteiger partial charge on any atom is 0.269 e. The Morgan fingerprint density at radius 3 is 2.81 bits per heavy atom. The predicted molar refractivity (Wildman–Crippen MR) is 80.2 cm³/mol. The number of benzene rings is 1. The molecule has 1 atom stereocenters. The summed E-state index contributed by atoms with van der Waals surface area (Å²) < 4.78 is 0. The first-order valence-electron chi connectivity index (χ1n) is 7.09. The molecule has 0 spiro atoms. The zero-order valence-electron chi connectivity index (χ0n) is 12.6. The van der Waals surface area contributed by atoms with E-state index in [9.17, 15) is 14.9 Å². The van der Waals surface area contributed by atoms with Crippen LogP contribution in [0.25, 0.3) is 0 Å². The minimum atomic E-state index is -0.435. The number of nitro groups is 1. The highest BCUT2D eigenvalue weighted by atomic mass is 16.6. The maximum atomic E-state index is 12.7. The van der Waals surface area contributed by atoms with Crippen LogP contribution in [-0.4, -0.2) is 40.9 Å². The lowest BCUT2D eigenvalue weighted by molar-refractivity contribution is -0.384. The summed E-state index contributed by atoms with van der Waals surface area (Å²) >= 11 is 0. The summed E-state index contributed by atoms with van der Waals surface area (Å²) in [5.41, 5.74) is 0.458. The molecule has 0 radical (unpaired) electrons. The molecule has 1 heterocycles. The van der Waals surface area contributed by atoms with Crippen molar-refractivity contribution in [3.8, 4) is 0 Å². The van der Waals surface area contributed by atoms with E-state index in [0.717, 1.165) is 13.1 Å². The Hall–Kier alpha value is -1.95. The lowest BCUT2D eigenvalue weighted by Crippen LogP contribution is -2.60. The second-order valence-electron chi connectivity index (χ2n) is 6.05. The molecule has 1 aromatic carbocycles. The molecular formula is C15H21N3O3. The second kappa shape index (κ2) is 5.81. The Morgan fingerprint density at radius 2 is 2.19 bits per heavy atom. The van der Waals surface area contributed by atoms with Crippen molar-refractivity contribution < 1.29 is 9.72 Å². The van der Waals surface area contributed by atoms with Gasteiger partial charge in [0, 0.05) is 37.3 Å².